The van der Waals surface area contributed by atoms with Crippen LogP contribution in [0.3, 0.4) is 0 Å². The van der Waals surface area contributed by atoms with Crippen molar-refractivity contribution in [1.29, 1.82) is 0 Å². The van der Waals surface area contributed by atoms with E-state index in [1.54, 1.807) is 11.8 Å². The lowest BCUT2D eigenvalue weighted by molar-refractivity contribution is -0.126. The fraction of sp³-hybridized carbons (Fsp3) is 0.214. The van der Waals surface area contributed by atoms with Gasteiger partial charge in [-0.1, -0.05) is 42.3 Å². The van der Waals surface area contributed by atoms with Crippen LogP contribution in [-0.2, 0) is 16.0 Å². The third kappa shape index (κ3) is 3.69. The van der Waals surface area contributed by atoms with Crippen molar-refractivity contribution in [3.8, 4) is 23.0 Å². The molecule has 1 unspecified atom stereocenters. The van der Waals surface area contributed by atoms with Gasteiger partial charge in [-0.05, 0) is 60.6 Å². The molecule has 5 rings (SSSR count). The highest BCUT2D eigenvalue weighted by Gasteiger charge is 2.29. The molecule has 5 nitrogen and oxygen atoms in total. The van der Waals surface area contributed by atoms with Crippen LogP contribution in [0.25, 0.3) is 32.9 Å². The molecule has 1 atom stereocenters. The highest BCUT2D eigenvalue weighted by Crippen LogP contribution is 2.40. The highest BCUT2D eigenvalue weighted by atomic mass is 19.1. The van der Waals surface area contributed by atoms with E-state index in [4.69, 9.17) is 5.73 Å². The first-order valence-electron chi connectivity index (χ1n) is 11.3. The highest BCUT2D eigenvalue weighted by molar-refractivity contribution is 6.15. The topological polar surface area (TPSA) is 79.2 Å². The van der Waals surface area contributed by atoms with Gasteiger partial charge in [-0.25, -0.2) is 4.39 Å². The molecule has 6 heteroatoms. The van der Waals surface area contributed by atoms with Gasteiger partial charge in [0.1, 0.15) is 5.82 Å². The Morgan fingerprint density at radius 1 is 1.18 bits per heavy atom. The van der Waals surface area contributed by atoms with Crippen LogP contribution in [0.2, 0.25) is 0 Å². The fourth-order valence-electron chi connectivity index (χ4n) is 5.11. The second-order valence-electron chi connectivity index (χ2n) is 8.61. The summed E-state index contributed by atoms with van der Waals surface area (Å²) < 4.78 is 15.7. The summed E-state index contributed by atoms with van der Waals surface area (Å²) in [5, 5.41) is 1.60. The smallest absolute Gasteiger partial charge is 0.298 e. The maximum absolute atomic E-state index is 15.7. The van der Waals surface area contributed by atoms with Gasteiger partial charge in [0.25, 0.3) is 5.91 Å². The van der Waals surface area contributed by atoms with Crippen LogP contribution >= 0.6 is 0 Å². The second-order valence-corrected chi connectivity index (χ2v) is 8.61. The van der Waals surface area contributed by atoms with Gasteiger partial charge in [-0.15, -0.1) is 0 Å². The number of likely N-dealkylation sites (tertiary alicyclic amines) is 1. The summed E-state index contributed by atoms with van der Waals surface area (Å²) >= 11 is 0. The van der Waals surface area contributed by atoms with Crippen molar-refractivity contribution in [3.63, 3.8) is 0 Å². The zero-order valence-electron chi connectivity index (χ0n) is 18.8. The number of primary amides is 1. The number of H-pyrrole nitrogens is 1. The summed E-state index contributed by atoms with van der Waals surface area (Å²) in [5.41, 5.74) is 9.67. The minimum Gasteiger partial charge on any atom is -0.369 e. The normalized spacial score (nSPS) is 15.5. The molecule has 3 aromatic carbocycles. The van der Waals surface area contributed by atoms with Crippen molar-refractivity contribution in [2.24, 2.45) is 5.73 Å². The van der Waals surface area contributed by atoms with Gasteiger partial charge in [0.05, 0.1) is 18.0 Å². The van der Waals surface area contributed by atoms with Crippen molar-refractivity contribution < 1.29 is 14.0 Å². The van der Waals surface area contributed by atoms with E-state index in [9.17, 15) is 9.59 Å². The van der Waals surface area contributed by atoms with Gasteiger partial charge in [-0.3, -0.25) is 9.59 Å². The standard InChI is InChI=1S/C28H24FN3O2/c1-2-7-25(34)32-13-6-12-23(32)17-8-5-9-18(14-17)26-21(29)15-19(16-24(30)33)28-27(26)20-10-3-4-11-22(20)31-28/h3-5,8-11,14-15,23,31H,6,12-13,16H2,1H3,(H2,30,33). The Kier molecular flexibility index (Phi) is 5.54. The van der Waals surface area contributed by atoms with Crippen LogP contribution in [0.4, 0.5) is 4.39 Å². The average molecular weight is 454 g/mol. The lowest BCUT2D eigenvalue weighted by atomic mass is 9.93. The zero-order valence-corrected chi connectivity index (χ0v) is 18.8. The SMILES string of the molecule is CC#CC(=O)N1CCCC1c1cccc(-c2c(F)cc(CC(N)=O)c3[nH]c4ccccc4c23)c1. The molecule has 170 valence electrons. The predicted molar refractivity (Wildman–Crippen MR) is 131 cm³/mol. The first-order chi connectivity index (χ1) is 16.5. The minimum atomic E-state index is -0.518. The molecule has 0 aliphatic carbocycles. The molecule has 1 saturated heterocycles. The number of aromatic amines is 1. The van der Waals surface area contributed by atoms with Crippen LogP contribution < -0.4 is 5.73 Å². The lowest BCUT2D eigenvalue weighted by Crippen LogP contribution is -2.29. The number of carbonyl (C=O) groups is 2. The fourth-order valence-corrected chi connectivity index (χ4v) is 5.11. The van der Waals surface area contributed by atoms with Crippen LogP contribution in [0.15, 0.2) is 54.6 Å². The summed E-state index contributed by atoms with van der Waals surface area (Å²) in [6, 6.07) is 16.7. The number of nitrogens with zero attached hydrogens (tertiary/aromatic N) is 1. The molecule has 2 amide bonds. The molecule has 1 aromatic heterocycles. The molecule has 1 fully saturated rings. The molecule has 0 radical (unpaired) electrons. The number of fused-ring (bicyclic) bond motifs is 3. The van der Waals surface area contributed by atoms with E-state index < -0.39 is 11.7 Å². The zero-order chi connectivity index (χ0) is 23.8. The Hall–Kier alpha value is -4.11. The third-order valence-corrected chi connectivity index (χ3v) is 6.49. The molecule has 4 aromatic rings. The minimum absolute atomic E-state index is 0.0574. The summed E-state index contributed by atoms with van der Waals surface area (Å²) in [5.74, 6) is 4.21. The van der Waals surface area contributed by atoms with E-state index in [-0.39, 0.29) is 18.4 Å². The maximum Gasteiger partial charge on any atom is 0.298 e. The van der Waals surface area contributed by atoms with Crippen molar-refractivity contribution in [1.82, 2.24) is 9.88 Å². The van der Waals surface area contributed by atoms with E-state index >= 15 is 4.39 Å². The van der Waals surface area contributed by atoms with Gasteiger partial charge in [0.15, 0.2) is 0 Å². The molecular formula is C28H24FN3O2. The number of hydrogen-bond donors (Lipinski definition) is 2. The molecule has 1 aliphatic heterocycles. The predicted octanol–water partition coefficient (Wildman–Crippen LogP) is 4.84. The summed E-state index contributed by atoms with van der Waals surface area (Å²) in [7, 11) is 0. The maximum atomic E-state index is 15.7. The molecule has 3 N–H and O–H groups in total. The number of halogens is 1. The second kappa shape index (κ2) is 8.68. The van der Waals surface area contributed by atoms with E-state index in [2.05, 4.69) is 16.8 Å². The summed E-state index contributed by atoms with van der Waals surface area (Å²) in [6.07, 6.45) is 1.68. The summed E-state index contributed by atoms with van der Waals surface area (Å²) in [4.78, 5) is 29.3. The van der Waals surface area contributed by atoms with E-state index in [1.807, 2.05) is 48.5 Å². The molecule has 2 heterocycles. The van der Waals surface area contributed by atoms with Crippen LogP contribution in [0.1, 0.15) is 36.9 Å². The van der Waals surface area contributed by atoms with Gasteiger partial charge in [0, 0.05) is 28.4 Å². The van der Waals surface area contributed by atoms with Crippen LogP contribution in [0, 0.1) is 17.7 Å². The van der Waals surface area contributed by atoms with Gasteiger partial charge >= 0.3 is 0 Å². The Bertz CT molecular complexity index is 1510. The van der Waals surface area contributed by atoms with E-state index in [0.717, 1.165) is 40.3 Å². The number of aromatic nitrogens is 1. The first kappa shape index (κ1) is 21.7. The third-order valence-electron chi connectivity index (χ3n) is 6.49. The van der Waals surface area contributed by atoms with Crippen molar-refractivity contribution in [2.45, 2.75) is 32.2 Å². The van der Waals surface area contributed by atoms with Crippen LogP contribution in [0.5, 0.6) is 0 Å². The number of nitrogens with one attached hydrogen (secondary N) is 1. The number of amides is 2. The molecule has 0 saturated carbocycles. The Labute approximate surface area is 196 Å². The number of carbonyl (C=O) groups excluding carboxylic acids is 2. The Balaban J connectivity index is 1.70. The number of rotatable bonds is 4. The molecule has 1 aliphatic rings. The number of benzene rings is 3. The van der Waals surface area contributed by atoms with Crippen molar-refractivity contribution >= 4 is 33.6 Å². The Morgan fingerprint density at radius 2 is 2.00 bits per heavy atom. The largest absolute Gasteiger partial charge is 0.369 e. The number of hydrogen-bond acceptors (Lipinski definition) is 2. The van der Waals surface area contributed by atoms with Gasteiger partial charge in [0.2, 0.25) is 5.91 Å². The molecule has 34 heavy (non-hydrogen) atoms. The van der Waals surface area contributed by atoms with Gasteiger partial charge in [-0.2, -0.15) is 0 Å². The quantitative estimate of drug-likeness (QED) is 0.434. The van der Waals surface area contributed by atoms with Crippen molar-refractivity contribution in [2.75, 3.05) is 6.54 Å². The molecule has 0 spiro atoms. The van der Waals surface area contributed by atoms with E-state index in [0.29, 0.717) is 23.2 Å². The van der Waals surface area contributed by atoms with Gasteiger partial charge < -0.3 is 15.6 Å². The van der Waals surface area contributed by atoms with Crippen LogP contribution in [-0.4, -0.2) is 28.2 Å². The molecular weight excluding hydrogens is 429 g/mol. The Morgan fingerprint density at radius 3 is 2.79 bits per heavy atom. The molecule has 0 bridgehead atoms. The number of nitrogens with two attached hydrogens (primary N) is 1. The first-order valence-corrected chi connectivity index (χ1v) is 11.3. The average Bonchev–Trinajstić information content (AvgIpc) is 3.45. The van der Waals surface area contributed by atoms with Crippen molar-refractivity contribution in [3.05, 3.63) is 71.5 Å². The number of para-hydroxylation sites is 1. The summed E-state index contributed by atoms with van der Waals surface area (Å²) in [6.45, 7) is 2.31. The van der Waals surface area contributed by atoms with E-state index in [1.165, 1.54) is 6.07 Å². The monoisotopic (exact) mass is 453 g/mol. The lowest BCUT2D eigenvalue weighted by Gasteiger charge is -2.23.